The summed E-state index contributed by atoms with van der Waals surface area (Å²) in [6.07, 6.45) is 0.619. The molecule has 0 atom stereocenters. The van der Waals surface area contributed by atoms with Gasteiger partial charge in [-0.15, -0.1) is 0 Å². The molecule has 2 aliphatic rings. The van der Waals surface area contributed by atoms with Gasteiger partial charge in [-0.1, -0.05) is 6.07 Å². The van der Waals surface area contributed by atoms with Crippen LogP contribution in [0.5, 0.6) is 0 Å². The Morgan fingerprint density at radius 2 is 1.75 bits per heavy atom. The molecule has 1 heterocycles. The van der Waals surface area contributed by atoms with Crippen LogP contribution in [0.2, 0.25) is 0 Å². The molecule has 2 aromatic rings. The van der Waals surface area contributed by atoms with E-state index < -0.39 is 15.8 Å². The molecule has 1 aliphatic carbocycles. The number of fused-ring (bicyclic) bond motifs is 4. The minimum Gasteiger partial charge on any atom is -0.325 e. The zero-order chi connectivity index (χ0) is 17.1. The fourth-order valence-electron chi connectivity index (χ4n) is 3.32. The number of nitrogens with one attached hydrogen (secondary N) is 1. The van der Waals surface area contributed by atoms with Gasteiger partial charge in [-0.2, -0.15) is 0 Å². The van der Waals surface area contributed by atoms with E-state index >= 15 is 0 Å². The number of primary sulfonamides is 1. The van der Waals surface area contributed by atoms with E-state index in [-0.39, 0.29) is 17.2 Å². The quantitative estimate of drug-likeness (QED) is 0.832. The highest BCUT2D eigenvalue weighted by molar-refractivity contribution is 7.89. The number of nitrogens with two attached hydrogens (primary N) is 1. The summed E-state index contributed by atoms with van der Waals surface area (Å²) in [5.74, 6) is -0.611. The van der Waals surface area contributed by atoms with Crippen LogP contribution < -0.4 is 10.5 Å². The highest BCUT2D eigenvalue weighted by Gasteiger charge is 2.29. The van der Waals surface area contributed by atoms with Crippen LogP contribution in [0.3, 0.4) is 0 Å². The highest BCUT2D eigenvalue weighted by atomic mass is 32.2. The van der Waals surface area contributed by atoms with Gasteiger partial charge >= 0.3 is 0 Å². The van der Waals surface area contributed by atoms with Gasteiger partial charge in [-0.05, 0) is 59.0 Å². The lowest BCUT2D eigenvalue weighted by Gasteiger charge is -2.09. The monoisotopic (exact) mass is 344 g/mol. The zero-order valence-corrected chi connectivity index (χ0v) is 13.3. The molecule has 3 N–H and O–H groups in total. The van der Waals surface area contributed by atoms with E-state index in [1.165, 1.54) is 30.3 Å². The molecule has 0 saturated heterocycles. The van der Waals surface area contributed by atoms with Crippen LogP contribution in [0.25, 0.3) is 11.1 Å². The maximum atomic E-state index is 13.7. The van der Waals surface area contributed by atoms with Gasteiger partial charge in [0.25, 0.3) is 0 Å². The van der Waals surface area contributed by atoms with Crippen molar-refractivity contribution >= 4 is 32.8 Å². The second-order valence-corrected chi connectivity index (χ2v) is 7.47. The molecule has 24 heavy (non-hydrogen) atoms. The molecule has 0 saturated carbocycles. The first-order valence-electron chi connectivity index (χ1n) is 7.31. The minimum absolute atomic E-state index is 0.000814. The molecular weight excluding hydrogens is 331 g/mol. The van der Waals surface area contributed by atoms with E-state index in [1.807, 2.05) is 0 Å². The Balaban J connectivity index is 1.95. The van der Waals surface area contributed by atoms with Crippen molar-refractivity contribution in [1.82, 2.24) is 0 Å². The van der Waals surface area contributed by atoms with Crippen LogP contribution in [-0.4, -0.2) is 14.3 Å². The third-order valence-corrected chi connectivity index (χ3v) is 5.30. The second kappa shape index (κ2) is 4.99. The van der Waals surface area contributed by atoms with Gasteiger partial charge in [-0.25, -0.2) is 17.9 Å². The van der Waals surface area contributed by atoms with Crippen LogP contribution in [0.1, 0.15) is 23.1 Å². The summed E-state index contributed by atoms with van der Waals surface area (Å²) in [6.45, 7) is 0. The van der Waals surface area contributed by atoms with Crippen LogP contribution in [0, 0.1) is 5.82 Å². The first-order valence-corrected chi connectivity index (χ1v) is 8.85. The summed E-state index contributed by atoms with van der Waals surface area (Å²) >= 11 is 0. The Kier molecular flexibility index (Phi) is 3.13. The van der Waals surface area contributed by atoms with Crippen molar-refractivity contribution in [2.75, 3.05) is 5.32 Å². The summed E-state index contributed by atoms with van der Waals surface area (Å²) in [4.78, 5) is 12.2. The molecule has 1 amide bonds. The number of benzene rings is 2. The van der Waals surface area contributed by atoms with Crippen molar-refractivity contribution < 1.29 is 17.6 Å². The maximum Gasteiger partial charge on any atom is 0.238 e. The van der Waals surface area contributed by atoms with E-state index in [0.29, 0.717) is 23.2 Å². The fourth-order valence-corrected chi connectivity index (χ4v) is 3.86. The Morgan fingerprint density at radius 3 is 2.50 bits per heavy atom. The van der Waals surface area contributed by atoms with Crippen molar-refractivity contribution in [2.24, 2.45) is 5.14 Å². The number of allylic oxidation sites excluding steroid dienone is 1. The van der Waals surface area contributed by atoms with Crippen molar-refractivity contribution in [3.63, 3.8) is 0 Å². The van der Waals surface area contributed by atoms with Crippen molar-refractivity contribution in [3.8, 4) is 0 Å². The molecule has 5 nitrogen and oxygen atoms in total. The van der Waals surface area contributed by atoms with Crippen LogP contribution in [0.15, 0.2) is 41.3 Å². The van der Waals surface area contributed by atoms with E-state index in [1.54, 1.807) is 6.07 Å². The molecule has 1 aliphatic heterocycles. The first kappa shape index (κ1) is 15.0. The standard InChI is InChI=1S/C17H13FN2O3S/c18-10-2-4-16-15(6-10)13-5-9-1-3-11(24(19,22)23)7-12(9)14(13)8-17(21)20-16/h1-4,6-7H,5,8H2,(H,20,21)(H2,19,22,23). The number of carbonyl (C=O) groups excluding carboxylic acids is 1. The van der Waals surface area contributed by atoms with Crippen molar-refractivity contribution in [3.05, 3.63) is 58.9 Å². The van der Waals surface area contributed by atoms with Gasteiger partial charge < -0.3 is 5.32 Å². The lowest BCUT2D eigenvalue weighted by molar-refractivity contribution is -0.115. The lowest BCUT2D eigenvalue weighted by Crippen LogP contribution is -2.13. The SMILES string of the molecule is NS(=O)(=O)c1ccc2c(c1)C1=C(C2)c2cc(F)ccc2NC(=O)C1. The number of hydrogen-bond donors (Lipinski definition) is 2. The molecule has 0 bridgehead atoms. The Bertz CT molecular complexity index is 1040. The van der Waals surface area contributed by atoms with E-state index in [9.17, 15) is 17.6 Å². The van der Waals surface area contributed by atoms with Gasteiger partial charge in [0, 0.05) is 11.3 Å². The topological polar surface area (TPSA) is 89.3 Å². The molecule has 0 unspecified atom stereocenters. The summed E-state index contributed by atoms with van der Waals surface area (Å²) in [7, 11) is -3.84. The summed E-state index contributed by atoms with van der Waals surface area (Å²) in [5.41, 5.74) is 4.33. The predicted octanol–water partition coefficient (Wildman–Crippen LogP) is 2.28. The highest BCUT2D eigenvalue weighted by Crippen LogP contribution is 2.44. The zero-order valence-electron chi connectivity index (χ0n) is 12.5. The number of amides is 1. The summed E-state index contributed by atoms with van der Waals surface area (Å²) in [6, 6.07) is 8.87. The minimum atomic E-state index is -3.84. The van der Waals surface area contributed by atoms with E-state index in [4.69, 9.17) is 5.14 Å². The van der Waals surface area contributed by atoms with E-state index in [0.717, 1.165) is 16.7 Å². The van der Waals surface area contributed by atoms with Crippen LogP contribution in [-0.2, 0) is 21.2 Å². The Hall–Kier alpha value is -2.51. The lowest BCUT2D eigenvalue weighted by atomic mass is 9.98. The molecule has 0 fully saturated rings. The van der Waals surface area contributed by atoms with Gasteiger partial charge in [-0.3, -0.25) is 4.79 Å². The summed E-state index contributed by atoms with van der Waals surface area (Å²) < 4.78 is 36.9. The van der Waals surface area contributed by atoms with Crippen molar-refractivity contribution in [2.45, 2.75) is 17.7 Å². The van der Waals surface area contributed by atoms with Crippen LogP contribution >= 0.6 is 0 Å². The number of rotatable bonds is 1. The fraction of sp³-hybridized carbons (Fsp3) is 0.118. The smallest absolute Gasteiger partial charge is 0.238 e. The molecule has 0 radical (unpaired) electrons. The average molecular weight is 344 g/mol. The van der Waals surface area contributed by atoms with Gasteiger partial charge in [0.1, 0.15) is 5.82 Å². The van der Waals surface area contributed by atoms with Crippen molar-refractivity contribution in [1.29, 1.82) is 0 Å². The second-order valence-electron chi connectivity index (χ2n) is 5.91. The normalized spacial score (nSPS) is 16.2. The first-order chi connectivity index (χ1) is 11.3. The van der Waals surface area contributed by atoms with Gasteiger partial charge in [0.15, 0.2) is 0 Å². The van der Waals surface area contributed by atoms with E-state index in [2.05, 4.69) is 5.32 Å². The molecule has 4 rings (SSSR count). The number of anilines is 1. The van der Waals surface area contributed by atoms with Gasteiger partial charge in [0.05, 0.1) is 11.3 Å². The molecule has 122 valence electrons. The molecular formula is C17H13FN2O3S. The largest absolute Gasteiger partial charge is 0.325 e. The molecule has 2 aromatic carbocycles. The predicted molar refractivity (Wildman–Crippen MR) is 88.0 cm³/mol. The number of sulfonamides is 1. The van der Waals surface area contributed by atoms with Gasteiger partial charge in [0.2, 0.25) is 15.9 Å². The molecule has 0 spiro atoms. The summed E-state index contributed by atoms with van der Waals surface area (Å²) in [5, 5.41) is 7.96. The molecule has 0 aromatic heterocycles. The third kappa shape index (κ3) is 2.33. The Labute approximate surface area is 138 Å². The maximum absolute atomic E-state index is 13.7. The molecule has 7 heteroatoms. The number of halogens is 1. The van der Waals surface area contributed by atoms with Crippen LogP contribution in [0.4, 0.5) is 10.1 Å². The Morgan fingerprint density at radius 1 is 1.00 bits per heavy atom. The third-order valence-electron chi connectivity index (χ3n) is 4.38. The number of carbonyl (C=O) groups is 1. The average Bonchev–Trinajstić information content (AvgIpc) is 2.79. The number of hydrogen-bond acceptors (Lipinski definition) is 3.